The van der Waals surface area contributed by atoms with Crippen LogP contribution in [0, 0.1) is 0 Å². The third kappa shape index (κ3) is 4.63. The molecule has 1 heterocycles. The van der Waals surface area contributed by atoms with E-state index in [9.17, 15) is 14.4 Å². The van der Waals surface area contributed by atoms with E-state index in [1.54, 1.807) is 67.1 Å². The number of rotatable bonds is 7. The largest absolute Gasteiger partial charge is 0.497 e. The molecule has 0 saturated heterocycles. The predicted molar refractivity (Wildman–Crippen MR) is 106 cm³/mol. The van der Waals surface area contributed by atoms with Gasteiger partial charge < -0.3 is 14.8 Å². The second-order valence-corrected chi connectivity index (χ2v) is 6.65. The molecule has 3 rings (SSSR count). The van der Waals surface area contributed by atoms with Gasteiger partial charge in [-0.2, -0.15) is 0 Å². The minimum absolute atomic E-state index is 0.170. The SMILES string of the molecule is COc1ccc(C(=O)Nc2ccccc2C(=O)OCC(=O)c2cccs2)cc1. The molecule has 6 nitrogen and oxygen atoms in total. The number of benzene rings is 2. The summed E-state index contributed by atoms with van der Waals surface area (Å²) in [6, 6.07) is 16.5. The first-order valence-electron chi connectivity index (χ1n) is 8.36. The number of carbonyl (C=O) groups is 3. The summed E-state index contributed by atoms with van der Waals surface area (Å²) in [7, 11) is 1.54. The van der Waals surface area contributed by atoms with E-state index in [4.69, 9.17) is 9.47 Å². The molecule has 0 aliphatic carbocycles. The molecule has 3 aromatic rings. The van der Waals surface area contributed by atoms with Gasteiger partial charge in [-0.15, -0.1) is 11.3 Å². The van der Waals surface area contributed by atoms with Crippen molar-refractivity contribution >= 4 is 34.7 Å². The molecule has 0 radical (unpaired) electrons. The van der Waals surface area contributed by atoms with Crippen LogP contribution in [0.4, 0.5) is 5.69 Å². The number of ketones is 1. The van der Waals surface area contributed by atoms with E-state index in [1.165, 1.54) is 17.4 Å². The van der Waals surface area contributed by atoms with E-state index in [-0.39, 0.29) is 23.9 Å². The van der Waals surface area contributed by atoms with E-state index in [2.05, 4.69) is 5.32 Å². The smallest absolute Gasteiger partial charge is 0.340 e. The van der Waals surface area contributed by atoms with Gasteiger partial charge in [0, 0.05) is 5.56 Å². The average molecular weight is 395 g/mol. The van der Waals surface area contributed by atoms with Crippen molar-refractivity contribution in [1.82, 2.24) is 0 Å². The second-order valence-electron chi connectivity index (χ2n) is 5.70. The number of amides is 1. The van der Waals surface area contributed by atoms with Crippen molar-refractivity contribution in [3.8, 4) is 5.75 Å². The van der Waals surface area contributed by atoms with Gasteiger partial charge in [0.2, 0.25) is 5.78 Å². The lowest BCUT2D eigenvalue weighted by atomic mass is 10.1. The van der Waals surface area contributed by atoms with Crippen molar-refractivity contribution in [2.24, 2.45) is 0 Å². The highest BCUT2D eigenvalue weighted by Crippen LogP contribution is 2.19. The molecule has 28 heavy (non-hydrogen) atoms. The minimum Gasteiger partial charge on any atom is -0.497 e. The van der Waals surface area contributed by atoms with Crippen LogP contribution in [-0.2, 0) is 4.74 Å². The summed E-state index contributed by atoms with van der Waals surface area (Å²) < 4.78 is 10.2. The van der Waals surface area contributed by atoms with Crippen LogP contribution in [0.3, 0.4) is 0 Å². The molecular formula is C21H17NO5S. The van der Waals surface area contributed by atoms with E-state index in [0.29, 0.717) is 21.9 Å². The fourth-order valence-electron chi connectivity index (χ4n) is 2.42. The Labute approximate surface area is 165 Å². The normalized spacial score (nSPS) is 10.2. The zero-order chi connectivity index (χ0) is 19.9. The summed E-state index contributed by atoms with van der Waals surface area (Å²) >= 11 is 1.28. The van der Waals surface area contributed by atoms with E-state index in [0.717, 1.165) is 0 Å². The summed E-state index contributed by atoms with van der Waals surface area (Å²) in [5.74, 6) is -0.702. The number of carbonyl (C=O) groups excluding carboxylic acids is 3. The van der Waals surface area contributed by atoms with Crippen LogP contribution in [0.2, 0.25) is 0 Å². The third-order valence-electron chi connectivity index (χ3n) is 3.88. The van der Waals surface area contributed by atoms with Gasteiger partial charge in [-0.3, -0.25) is 9.59 Å². The fraction of sp³-hybridized carbons (Fsp3) is 0.0952. The van der Waals surface area contributed by atoms with Gasteiger partial charge in [-0.1, -0.05) is 18.2 Å². The number of para-hydroxylation sites is 1. The summed E-state index contributed by atoms with van der Waals surface area (Å²) in [6.07, 6.45) is 0. The van der Waals surface area contributed by atoms with Gasteiger partial charge in [0.15, 0.2) is 6.61 Å². The van der Waals surface area contributed by atoms with Crippen LogP contribution < -0.4 is 10.1 Å². The van der Waals surface area contributed by atoms with Crippen LogP contribution >= 0.6 is 11.3 Å². The standard InChI is InChI=1S/C21H17NO5S/c1-26-15-10-8-14(9-11-15)20(24)22-17-6-3-2-5-16(17)21(25)27-13-18(23)19-7-4-12-28-19/h2-12H,13H2,1H3,(H,22,24). The maximum atomic E-state index is 12.5. The Bertz CT molecular complexity index is 980. The minimum atomic E-state index is -0.685. The molecule has 2 aromatic carbocycles. The Morgan fingerprint density at radius 1 is 0.964 bits per heavy atom. The molecule has 7 heteroatoms. The lowest BCUT2D eigenvalue weighted by Crippen LogP contribution is -2.17. The Morgan fingerprint density at radius 3 is 2.39 bits per heavy atom. The third-order valence-corrected chi connectivity index (χ3v) is 4.79. The Hall–Kier alpha value is -3.45. The maximum Gasteiger partial charge on any atom is 0.340 e. The van der Waals surface area contributed by atoms with Crippen molar-refractivity contribution in [3.05, 3.63) is 82.0 Å². The molecule has 0 saturated carbocycles. The van der Waals surface area contributed by atoms with Crippen molar-refractivity contribution in [3.63, 3.8) is 0 Å². The molecule has 0 fully saturated rings. The number of esters is 1. The number of anilines is 1. The van der Waals surface area contributed by atoms with Crippen molar-refractivity contribution < 1.29 is 23.9 Å². The zero-order valence-corrected chi connectivity index (χ0v) is 15.8. The van der Waals surface area contributed by atoms with Crippen molar-refractivity contribution in [2.45, 2.75) is 0 Å². The molecule has 0 spiro atoms. The van der Waals surface area contributed by atoms with Crippen molar-refractivity contribution in [2.75, 3.05) is 19.0 Å². The Kier molecular flexibility index (Phi) is 6.18. The predicted octanol–water partition coefficient (Wildman–Crippen LogP) is 4.05. The van der Waals surface area contributed by atoms with Gasteiger partial charge in [-0.25, -0.2) is 4.79 Å². The number of ether oxygens (including phenoxy) is 2. The van der Waals surface area contributed by atoms with Gasteiger partial charge >= 0.3 is 5.97 Å². The Morgan fingerprint density at radius 2 is 1.71 bits per heavy atom. The maximum absolute atomic E-state index is 12.5. The summed E-state index contributed by atoms with van der Waals surface area (Å²) in [5, 5.41) is 4.47. The highest BCUT2D eigenvalue weighted by molar-refractivity contribution is 7.12. The molecule has 0 unspecified atom stereocenters. The number of Topliss-reactive ketones (excluding diaryl/α,β-unsaturated/α-hetero) is 1. The van der Waals surface area contributed by atoms with Gasteiger partial charge in [0.25, 0.3) is 5.91 Å². The van der Waals surface area contributed by atoms with Gasteiger partial charge in [0.05, 0.1) is 23.2 Å². The number of methoxy groups -OCH3 is 1. The molecule has 1 aromatic heterocycles. The molecule has 0 aliphatic rings. The number of hydrogen-bond donors (Lipinski definition) is 1. The molecule has 1 N–H and O–H groups in total. The monoisotopic (exact) mass is 395 g/mol. The zero-order valence-electron chi connectivity index (χ0n) is 15.0. The van der Waals surface area contributed by atoms with Crippen LogP contribution in [-0.4, -0.2) is 31.4 Å². The first kappa shape index (κ1) is 19.3. The molecule has 0 atom stereocenters. The van der Waals surface area contributed by atoms with E-state index >= 15 is 0 Å². The molecule has 1 amide bonds. The second kappa shape index (κ2) is 8.96. The number of nitrogens with one attached hydrogen (secondary N) is 1. The quantitative estimate of drug-likeness (QED) is 0.482. The topological polar surface area (TPSA) is 81.7 Å². The highest BCUT2D eigenvalue weighted by atomic mass is 32.1. The summed E-state index contributed by atoms with van der Waals surface area (Å²) in [6.45, 7) is -0.361. The van der Waals surface area contributed by atoms with E-state index in [1.807, 2.05) is 0 Å². The summed E-state index contributed by atoms with van der Waals surface area (Å²) in [4.78, 5) is 37.4. The first-order chi connectivity index (χ1) is 13.6. The summed E-state index contributed by atoms with van der Waals surface area (Å²) in [5.41, 5.74) is 0.886. The molecule has 142 valence electrons. The van der Waals surface area contributed by atoms with Crippen LogP contribution in [0.25, 0.3) is 0 Å². The Balaban J connectivity index is 1.68. The van der Waals surface area contributed by atoms with Gasteiger partial charge in [0.1, 0.15) is 5.75 Å². The number of hydrogen-bond acceptors (Lipinski definition) is 6. The average Bonchev–Trinajstić information content (AvgIpc) is 3.27. The van der Waals surface area contributed by atoms with Crippen molar-refractivity contribution in [1.29, 1.82) is 0 Å². The lowest BCUT2D eigenvalue weighted by molar-refractivity contribution is 0.0477. The first-order valence-corrected chi connectivity index (χ1v) is 9.24. The molecular weight excluding hydrogens is 378 g/mol. The van der Waals surface area contributed by atoms with Crippen LogP contribution in [0.15, 0.2) is 66.0 Å². The molecule has 0 aliphatic heterocycles. The van der Waals surface area contributed by atoms with Crippen LogP contribution in [0.1, 0.15) is 30.4 Å². The highest BCUT2D eigenvalue weighted by Gasteiger charge is 2.17. The molecule has 0 bridgehead atoms. The lowest BCUT2D eigenvalue weighted by Gasteiger charge is -2.11. The van der Waals surface area contributed by atoms with E-state index < -0.39 is 5.97 Å². The van der Waals surface area contributed by atoms with Crippen LogP contribution in [0.5, 0.6) is 5.75 Å². The van der Waals surface area contributed by atoms with Gasteiger partial charge in [-0.05, 0) is 47.8 Å². The number of thiophene rings is 1. The fourth-order valence-corrected chi connectivity index (χ4v) is 3.08.